The molecule has 2 nitrogen and oxygen atoms in total. The van der Waals surface area contributed by atoms with Crippen molar-refractivity contribution in [3.8, 4) is 5.75 Å². The van der Waals surface area contributed by atoms with Gasteiger partial charge in [-0.1, -0.05) is 6.07 Å². The monoisotopic (exact) mass is 191 g/mol. The van der Waals surface area contributed by atoms with Crippen molar-refractivity contribution in [2.24, 2.45) is 0 Å². The second-order valence-corrected chi connectivity index (χ2v) is 3.11. The van der Waals surface area contributed by atoms with Gasteiger partial charge in [0.25, 0.3) is 0 Å². The summed E-state index contributed by atoms with van der Waals surface area (Å²) in [4.78, 5) is 0. The smallest absolute Gasteiger partial charge is 0.146 e. The highest BCUT2D eigenvalue weighted by Gasteiger charge is 2.03. The Morgan fingerprint density at radius 2 is 1.93 bits per heavy atom. The zero-order valence-electron chi connectivity index (χ0n) is 7.71. The second kappa shape index (κ2) is 3.18. The Hall–Kier alpha value is -1.77. The van der Waals surface area contributed by atoms with Gasteiger partial charge in [-0.3, -0.25) is 0 Å². The predicted octanol–water partition coefficient (Wildman–Crippen LogP) is 2.73. The Labute approximate surface area is 81.0 Å². The molecule has 0 amide bonds. The number of fused-ring (bicyclic) bond motifs is 1. The van der Waals surface area contributed by atoms with Gasteiger partial charge in [0, 0.05) is 7.05 Å². The standard InChI is InChI=1S/C11H10FNO/c1-13-11-6-7-2-3-9(14)4-8(7)5-10(11)12/h2-6,13-14H,1H3. The van der Waals surface area contributed by atoms with Crippen molar-refractivity contribution in [2.75, 3.05) is 12.4 Å². The van der Waals surface area contributed by atoms with E-state index >= 15 is 0 Å². The average molecular weight is 191 g/mol. The fourth-order valence-corrected chi connectivity index (χ4v) is 1.45. The Balaban J connectivity index is 2.73. The van der Waals surface area contributed by atoms with Crippen molar-refractivity contribution in [2.45, 2.75) is 0 Å². The van der Waals surface area contributed by atoms with Crippen LogP contribution in [-0.4, -0.2) is 12.2 Å². The number of aromatic hydroxyl groups is 1. The fraction of sp³-hybridized carbons (Fsp3) is 0.0909. The van der Waals surface area contributed by atoms with Crippen molar-refractivity contribution in [3.63, 3.8) is 0 Å². The van der Waals surface area contributed by atoms with Gasteiger partial charge in [-0.25, -0.2) is 4.39 Å². The molecule has 14 heavy (non-hydrogen) atoms. The summed E-state index contributed by atoms with van der Waals surface area (Å²) in [5.41, 5.74) is 0.461. The molecule has 0 aromatic heterocycles. The maximum Gasteiger partial charge on any atom is 0.146 e. The van der Waals surface area contributed by atoms with Gasteiger partial charge < -0.3 is 10.4 Å². The van der Waals surface area contributed by atoms with Crippen LogP contribution in [0.3, 0.4) is 0 Å². The van der Waals surface area contributed by atoms with Crippen LogP contribution in [0.5, 0.6) is 5.75 Å². The molecule has 0 aliphatic carbocycles. The molecule has 0 atom stereocenters. The van der Waals surface area contributed by atoms with Crippen LogP contribution < -0.4 is 5.32 Å². The lowest BCUT2D eigenvalue weighted by Crippen LogP contribution is -1.92. The summed E-state index contributed by atoms with van der Waals surface area (Å²) in [6, 6.07) is 7.99. The molecule has 3 heteroatoms. The lowest BCUT2D eigenvalue weighted by atomic mass is 10.1. The molecule has 2 rings (SSSR count). The Morgan fingerprint density at radius 1 is 1.14 bits per heavy atom. The average Bonchev–Trinajstić information content (AvgIpc) is 2.16. The fourth-order valence-electron chi connectivity index (χ4n) is 1.45. The van der Waals surface area contributed by atoms with E-state index in [1.54, 1.807) is 25.2 Å². The first kappa shape index (κ1) is 8.81. The van der Waals surface area contributed by atoms with E-state index in [-0.39, 0.29) is 11.6 Å². The van der Waals surface area contributed by atoms with Crippen molar-refractivity contribution in [3.05, 3.63) is 36.1 Å². The third kappa shape index (κ3) is 1.37. The minimum Gasteiger partial charge on any atom is -0.508 e. The third-order valence-electron chi connectivity index (χ3n) is 2.18. The van der Waals surface area contributed by atoms with Crippen LogP contribution in [0.25, 0.3) is 10.8 Å². The van der Waals surface area contributed by atoms with Crippen LogP contribution in [0.4, 0.5) is 10.1 Å². The molecule has 0 spiro atoms. The first-order valence-electron chi connectivity index (χ1n) is 4.31. The van der Waals surface area contributed by atoms with Gasteiger partial charge in [-0.2, -0.15) is 0 Å². The maximum atomic E-state index is 13.3. The van der Waals surface area contributed by atoms with Gasteiger partial charge in [-0.05, 0) is 35.0 Å². The van der Waals surface area contributed by atoms with Crippen LogP contribution in [0.2, 0.25) is 0 Å². The molecule has 2 aromatic rings. The topological polar surface area (TPSA) is 32.3 Å². The van der Waals surface area contributed by atoms with Crippen LogP contribution in [0.15, 0.2) is 30.3 Å². The molecule has 0 saturated heterocycles. The third-order valence-corrected chi connectivity index (χ3v) is 2.18. The molecule has 0 aliphatic rings. The van der Waals surface area contributed by atoms with E-state index in [2.05, 4.69) is 5.32 Å². The highest BCUT2D eigenvalue weighted by atomic mass is 19.1. The minimum atomic E-state index is -0.314. The molecule has 72 valence electrons. The molecule has 0 heterocycles. The number of benzene rings is 2. The minimum absolute atomic E-state index is 0.147. The van der Waals surface area contributed by atoms with Crippen LogP contribution in [0.1, 0.15) is 0 Å². The largest absolute Gasteiger partial charge is 0.508 e. The van der Waals surface area contributed by atoms with Crippen molar-refractivity contribution < 1.29 is 9.50 Å². The van der Waals surface area contributed by atoms with E-state index in [0.29, 0.717) is 11.1 Å². The zero-order valence-corrected chi connectivity index (χ0v) is 7.71. The normalized spacial score (nSPS) is 10.4. The maximum absolute atomic E-state index is 13.3. The Morgan fingerprint density at radius 3 is 2.64 bits per heavy atom. The Kier molecular flexibility index (Phi) is 2.00. The molecule has 0 aliphatic heterocycles. The summed E-state index contributed by atoms with van der Waals surface area (Å²) in [7, 11) is 1.67. The first-order chi connectivity index (χ1) is 6.70. The van der Waals surface area contributed by atoms with E-state index in [4.69, 9.17) is 0 Å². The number of phenolic OH excluding ortho intramolecular Hbond substituents is 1. The molecule has 0 radical (unpaired) electrons. The van der Waals surface area contributed by atoms with Gasteiger partial charge in [0.05, 0.1) is 5.69 Å². The van der Waals surface area contributed by atoms with E-state index in [1.807, 2.05) is 0 Å². The van der Waals surface area contributed by atoms with Gasteiger partial charge in [0.15, 0.2) is 0 Å². The molecule has 0 fully saturated rings. The molecule has 0 bridgehead atoms. The predicted molar refractivity (Wildman–Crippen MR) is 55.1 cm³/mol. The number of anilines is 1. The van der Waals surface area contributed by atoms with Crippen LogP contribution in [-0.2, 0) is 0 Å². The van der Waals surface area contributed by atoms with E-state index in [0.717, 1.165) is 5.39 Å². The van der Waals surface area contributed by atoms with Gasteiger partial charge in [0.2, 0.25) is 0 Å². The van der Waals surface area contributed by atoms with E-state index in [1.165, 1.54) is 12.1 Å². The highest BCUT2D eigenvalue weighted by Crippen LogP contribution is 2.25. The quantitative estimate of drug-likeness (QED) is 0.726. The number of rotatable bonds is 1. The Bertz CT molecular complexity index is 482. The van der Waals surface area contributed by atoms with Crippen molar-refractivity contribution in [1.29, 1.82) is 0 Å². The summed E-state index contributed by atoms with van der Waals surface area (Å²) in [6.07, 6.45) is 0. The van der Waals surface area contributed by atoms with E-state index < -0.39 is 0 Å². The summed E-state index contributed by atoms with van der Waals surface area (Å²) in [6.45, 7) is 0. The molecule has 0 saturated carbocycles. The summed E-state index contributed by atoms with van der Waals surface area (Å²) >= 11 is 0. The molecule has 0 unspecified atom stereocenters. The molecular formula is C11H10FNO. The lowest BCUT2D eigenvalue weighted by molar-refractivity contribution is 0.476. The highest BCUT2D eigenvalue weighted by molar-refractivity contribution is 5.87. The van der Waals surface area contributed by atoms with E-state index in [9.17, 15) is 9.50 Å². The molecule has 2 N–H and O–H groups in total. The van der Waals surface area contributed by atoms with Crippen molar-refractivity contribution in [1.82, 2.24) is 0 Å². The van der Waals surface area contributed by atoms with Crippen molar-refractivity contribution >= 4 is 16.5 Å². The number of halogens is 1. The summed E-state index contributed by atoms with van der Waals surface area (Å²) < 4.78 is 13.3. The zero-order chi connectivity index (χ0) is 10.1. The number of hydrogen-bond acceptors (Lipinski definition) is 2. The first-order valence-corrected chi connectivity index (χ1v) is 4.31. The number of phenols is 1. The van der Waals surface area contributed by atoms with Gasteiger partial charge in [-0.15, -0.1) is 0 Å². The summed E-state index contributed by atoms with van der Waals surface area (Å²) in [5.74, 6) is -0.167. The van der Waals surface area contributed by atoms with Gasteiger partial charge >= 0.3 is 0 Å². The number of nitrogens with one attached hydrogen (secondary N) is 1. The molecule has 2 aromatic carbocycles. The van der Waals surface area contributed by atoms with Crippen LogP contribution in [0, 0.1) is 5.82 Å². The summed E-state index contributed by atoms with van der Waals surface area (Å²) in [5, 5.41) is 13.6. The van der Waals surface area contributed by atoms with Crippen LogP contribution >= 0.6 is 0 Å². The van der Waals surface area contributed by atoms with Gasteiger partial charge in [0.1, 0.15) is 11.6 Å². The second-order valence-electron chi connectivity index (χ2n) is 3.11. The molecular weight excluding hydrogens is 181 g/mol. The number of hydrogen-bond donors (Lipinski definition) is 2. The lowest BCUT2D eigenvalue weighted by Gasteiger charge is -2.05. The SMILES string of the molecule is CNc1cc2ccc(O)cc2cc1F.